The van der Waals surface area contributed by atoms with Crippen molar-refractivity contribution in [2.24, 2.45) is 0 Å². The van der Waals surface area contributed by atoms with Crippen LogP contribution in [0.4, 0.5) is 0 Å². The molecule has 0 radical (unpaired) electrons. The minimum Gasteiger partial charge on any atom is -0.309 e. The Kier molecular flexibility index (Phi) is 6.62. The van der Waals surface area contributed by atoms with Gasteiger partial charge in [0.05, 0.1) is 16.4 Å². The van der Waals surface area contributed by atoms with Crippen LogP contribution < -0.4 is 0 Å². The van der Waals surface area contributed by atoms with E-state index in [0.717, 1.165) is 0 Å². The smallest absolute Gasteiger partial charge is 0.0725 e. The fourth-order valence-electron chi connectivity index (χ4n) is 10.0. The van der Waals surface area contributed by atoms with Crippen molar-refractivity contribution in [3.63, 3.8) is 0 Å². The highest BCUT2D eigenvalue weighted by atomic mass is 15.0. The van der Waals surface area contributed by atoms with Crippen molar-refractivity contribution >= 4 is 21.8 Å². The molecule has 0 aliphatic heterocycles. The molecule has 0 amide bonds. The van der Waals surface area contributed by atoms with Gasteiger partial charge in [-0.25, -0.2) is 0 Å². The van der Waals surface area contributed by atoms with Gasteiger partial charge in [-0.1, -0.05) is 164 Å². The van der Waals surface area contributed by atoms with Gasteiger partial charge in [-0.15, -0.1) is 0 Å². The van der Waals surface area contributed by atoms with Crippen LogP contribution in [0.5, 0.6) is 0 Å². The molecule has 0 N–H and O–H groups in total. The third-order valence-electron chi connectivity index (χ3n) is 12.4. The first-order valence-corrected chi connectivity index (χ1v) is 19.5. The normalized spacial score (nSPS) is 14.9. The Labute approximate surface area is 326 Å². The molecule has 2 aliphatic carbocycles. The average Bonchev–Trinajstić information content (AvgIpc) is 3.88. The van der Waals surface area contributed by atoms with Gasteiger partial charge in [0.25, 0.3) is 0 Å². The molecule has 0 saturated carbocycles. The summed E-state index contributed by atoms with van der Waals surface area (Å²) in [4.78, 5) is 0. The van der Waals surface area contributed by atoms with Crippen LogP contribution in [-0.4, -0.2) is 4.57 Å². The Morgan fingerprint density at radius 2 is 0.696 bits per heavy atom. The summed E-state index contributed by atoms with van der Waals surface area (Å²) in [7, 11) is 0. The highest BCUT2D eigenvalue weighted by Gasteiger charge is 2.51. The van der Waals surface area contributed by atoms with E-state index in [1.165, 1.54) is 105 Å². The zero-order valence-corrected chi connectivity index (χ0v) is 30.7. The van der Waals surface area contributed by atoms with Gasteiger partial charge < -0.3 is 4.57 Å². The SMILES string of the molecule is c1ccc(-c2cc(-c3ccccc3)cc(-c3ccc4c(c3)-c3ccccc3C43c4ccccc4-c4cc(-n5c6ccccc6c6ccccc65)ccc43)c2)cc1. The fraction of sp³-hybridized carbons (Fsp3) is 0.0182. The average molecular weight is 710 g/mol. The summed E-state index contributed by atoms with van der Waals surface area (Å²) in [6.45, 7) is 0. The van der Waals surface area contributed by atoms with E-state index in [1.54, 1.807) is 0 Å². The molecule has 1 aromatic heterocycles. The first-order valence-electron chi connectivity index (χ1n) is 19.5. The predicted molar refractivity (Wildman–Crippen MR) is 233 cm³/mol. The van der Waals surface area contributed by atoms with E-state index in [2.05, 4.69) is 217 Å². The van der Waals surface area contributed by atoms with Gasteiger partial charge in [-0.2, -0.15) is 0 Å². The predicted octanol–water partition coefficient (Wildman–Crippen LogP) is 14.1. The summed E-state index contributed by atoms with van der Waals surface area (Å²) < 4.78 is 2.44. The van der Waals surface area contributed by atoms with Crippen molar-refractivity contribution < 1.29 is 0 Å². The summed E-state index contributed by atoms with van der Waals surface area (Å²) in [6, 6.07) is 78.8. The van der Waals surface area contributed by atoms with Gasteiger partial charge in [0.15, 0.2) is 0 Å². The van der Waals surface area contributed by atoms with E-state index in [0.29, 0.717) is 0 Å². The summed E-state index contributed by atoms with van der Waals surface area (Å²) >= 11 is 0. The second-order valence-electron chi connectivity index (χ2n) is 15.2. The molecule has 0 bridgehead atoms. The largest absolute Gasteiger partial charge is 0.309 e. The van der Waals surface area contributed by atoms with E-state index < -0.39 is 5.41 Å². The molecular formula is C55H35N. The third-order valence-corrected chi connectivity index (χ3v) is 12.4. The monoisotopic (exact) mass is 709 g/mol. The number of benzene rings is 9. The van der Waals surface area contributed by atoms with E-state index >= 15 is 0 Å². The molecule has 9 aromatic carbocycles. The zero-order chi connectivity index (χ0) is 36.8. The second kappa shape index (κ2) is 11.9. The van der Waals surface area contributed by atoms with Gasteiger partial charge in [0.1, 0.15) is 0 Å². The minimum absolute atomic E-state index is 0.420. The summed E-state index contributed by atoms with van der Waals surface area (Å²) in [5, 5.41) is 2.56. The van der Waals surface area contributed by atoms with Crippen molar-refractivity contribution in [1.29, 1.82) is 0 Å². The van der Waals surface area contributed by atoms with Crippen LogP contribution in [-0.2, 0) is 5.41 Å². The third kappa shape index (κ3) is 4.31. The topological polar surface area (TPSA) is 4.93 Å². The maximum Gasteiger partial charge on any atom is 0.0725 e. The molecule has 1 atom stereocenters. The first-order chi connectivity index (χ1) is 27.8. The summed E-state index contributed by atoms with van der Waals surface area (Å²) in [5.74, 6) is 0. The minimum atomic E-state index is -0.420. The van der Waals surface area contributed by atoms with Gasteiger partial charge in [0.2, 0.25) is 0 Å². The van der Waals surface area contributed by atoms with Crippen LogP contribution in [0.1, 0.15) is 22.3 Å². The molecular weight excluding hydrogens is 675 g/mol. The van der Waals surface area contributed by atoms with Crippen LogP contribution in [0.2, 0.25) is 0 Å². The van der Waals surface area contributed by atoms with Crippen LogP contribution in [0.3, 0.4) is 0 Å². The van der Waals surface area contributed by atoms with Gasteiger partial charge in [-0.05, 0) is 126 Å². The van der Waals surface area contributed by atoms with E-state index in [9.17, 15) is 0 Å². The quantitative estimate of drug-likeness (QED) is 0.171. The Hall–Kier alpha value is -7.22. The van der Waals surface area contributed by atoms with Crippen LogP contribution in [0, 0.1) is 0 Å². The van der Waals surface area contributed by atoms with E-state index in [-0.39, 0.29) is 0 Å². The lowest BCUT2D eigenvalue weighted by Crippen LogP contribution is -2.25. The van der Waals surface area contributed by atoms with Crippen LogP contribution in [0.15, 0.2) is 212 Å². The number of para-hydroxylation sites is 2. The molecule has 1 heterocycles. The molecule has 12 rings (SSSR count). The molecule has 1 heteroatoms. The Morgan fingerprint density at radius 1 is 0.268 bits per heavy atom. The van der Waals surface area contributed by atoms with E-state index in [1.807, 2.05) is 0 Å². The van der Waals surface area contributed by atoms with Crippen LogP contribution in [0.25, 0.3) is 83.1 Å². The van der Waals surface area contributed by atoms with Gasteiger partial charge in [0, 0.05) is 16.5 Å². The number of hydrogen-bond acceptors (Lipinski definition) is 0. The number of nitrogens with zero attached hydrogens (tertiary/aromatic N) is 1. The number of fused-ring (bicyclic) bond motifs is 13. The van der Waals surface area contributed by atoms with Gasteiger partial charge in [-0.3, -0.25) is 0 Å². The lowest BCUT2D eigenvalue weighted by atomic mass is 9.70. The molecule has 1 spiro atoms. The lowest BCUT2D eigenvalue weighted by molar-refractivity contribution is 0.793. The Balaban J connectivity index is 1.08. The highest BCUT2D eigenvalue weighted by Crippen LogP contribution is 2.63. The number of rotatable bonds is 4. The van der Waals surface area contributed by atoms with Crippen LogP contribution >= 0.6 is 0 Å². The standard InChI is InChI=1S/C55H35N/c1-3-15-36(16-4-1)39-31-40(37-17-5-2-6-18-37)33-41(32-39)38-27-29-51-47(34-38)43-19-7-11-23-49(43)55(51)50-24-12-8-20-44(50)48-35-42(28-30-52(48)55)56-53-25-13-9-21-45(53)46-22-10-14-26-54(46)56/h1-35H. The molecule has 0 saturated heterocycles. The number of hydrogen-bond donors (Lipinski definition) is 0. The van der Waals surface area contributed by atoms with Gasteiger partial charge >= 0.3 is 0 Å². The van der Waals surface area contributed by atoms with Crippen molar-refractivity contribution in [1.82, 2.24) is 4.57 Å². The molecule has 1 nitrogen and oxygen atoms in total. The molecule has 260 valence electrons. The summed E-state index contributed by atoms with van der Waals surface area (Å²) in [6.07, 6.45) is 0. The molecule has 2 aliphatic rings. The highest BCUT2D eigenvalue weighted by molar-refractivity contribution is 6.09. The maximum atomic E-state index is 2.45. The van der Waals surface area contributed by atoms with E-state index in [4.69, 9.17) is 0 Å². The molecule has 1 unspecified atom stereocenters. The summed E-state index contributed by atoms with van der Waals surface area (Å²) in [5.41, 5.74) is 21.1. The second-order valence-corrected chi connectivity index (χ2v) is 15.2. The lowest BCUT2D eigenvalue weighted by Gasteiger charge is -2.30. The van der Waals surface area contributed by atoms with Crippen molar-refractivity contribution in [2.75, 3.05) is 0 Å². The van der Waals surface area contributed by atoms with Crippen molar-refractivity contribution in [2.45, 2.75) is 5.41 Å². The fourth-order valence-corrected chi connectivity index (χ4v) is 10.0. The van der Waals surface area contributed by atoms with Crippen molar-refractivity contribution in [3.8, 4) is 61.3 Å². The molecule has 56 heavy (non-hydrogen) atoms. The number of aromatic nitrogens is 1. The molecule has 0 fully saturated rings. The zero-order valence-electron chi connectivity index (χ0n) is 30.7. The Morgan fingerprint density at radius 3 is 1.27 bits per heavy atom. The Bertz CT molecular complexity index is 3070. The molecule has 10 aromatic rings. The van der Waals surface area contributed by atoms with Crippen molar-refractivity contribution in [3.05, 3.63) is 235 Å². The maximum absolute atomic E-state index is 2.45. The first kappa shape index (κ1) is 31.2.